The number of benzene rings is 2. The van der Waals surface area contributed by atoms with Gasteiger partial charge in [-0.1, -0.05) is 29.8 Å². The number of rotatable bonds is 6. The Bertz CT molecular complexity index is 887. The first-order valence-electron chi connectivity index (χ1n) is 9.54. The molecule has 7 heteroatoms. The molecule has 0 spiro atoms. The number of amides is 2. The van der Waals surface area contributed by atoms with E-state index in [1.54, 1.807) is 17.0 Å². The normalized spacial score (nSPS) is 13.7. The molecule has 0 aliphatic carbocycles. The minimum absolute atomic E-state index is 0.194. The van der Waals surface area contributed by atoms with Crippen LogP contribution in [0.15, 0.2) is 48.5 Å². The van der Waals surface area contributed by atoms with Gasteiger partial charge in [0, 0.05) is 37.4 Å². The van der Waals surface area contributed by atoms with Gasteiger partial charge in [0.05, 0.1) is 13.7 Å². The molecular weight excluding hydrogens is 370 g/mol. The molecule has 1 aliphatic heterocycles. The average molecular weight is 395 g/mol. The van der Waals surface area contributed by atoms with Gasteiger partial charge in [-0.25, -0.2) is 0 Å². The van der Waals surface area contributed by atoms with Crippen LogP contribution in [0.1, 0.15) is 15.9 Å². The Morgan fingerprint density at radius 1 is 1.00 bits per heavy atom. The van der Waals surface area contributed by atoms with Gasteiger partial charge in [-0.2, -0.15) is 0 Å². The molecule has 2 aromatic rings. The van der Waals surface area contributed by atoms with E-state index >= 15 is 0 Å². The van der Waals surface area contributed by atoms with Gasteiger partial charge in [-0.15, -0.1) is 0 Å². The zero-order chi connectivity index (χ0) is 20.8. The summed E-state index contributed by atoms with van der Waals surface area (Å²) in [5, 5.41) is 2.43. The van der Waals surface area contributed by atoms with Gasteiger partial charge >= 0.3 is 0 Å². The molecule has 1 fully saturated rings. The second kappa shape index (κ2) is 9.23. The fourth-order valence-corrected chi connectivity index (χ4v) is 3.21. The van der Waals surface area contributed by atoms with Crippen LogP contribution in [0.4, 0.5) is 5.69 Å². The zero-order valence-electron chi connectivity index (χ0n) is 16.7. The maximum atomic E-state index is 12.4. The monoisotopic (exact) mass is 395 g/mol. The lowest BCUT2D eigenvalue weighted by atomic mass is 10.1. The van der Waals surface area contributed by atoms with Gasteiger partial charge < -0.3 is 19.9 Å². The van der Waals surface area contributed by atoms with E-state index in [1.807, 2.05) is 6.92 Å². The molecule has 0 bridgehead atoms. The van der Waals surface area contributed by atoms with Crippen LogP contribution < -0.4 is 15.0 Å². The number of anilines is 1. The van der Waals surface area contributed by atoms with Crippen LogP contribution in [-0.2, 0) is 9.59 Å². The minimum Gasteiger partial charge on any atom is -0.497 e. The summed E-state index contributed by atoms with van der Waals surface area (Å²) in [6.07, 6.45) is 0. The summed E-state index contributed by atoms with van der Waals surface area (Å²) in [6.45, 7) is 4.46. The molecule has 1 N–H and O–H groups in total. The van der Waals surface area contributed by atoms with Crippen LogP contribution in [0.3, 0.4) is 0 Å². The highest BCUT2D eigenvalue weighted by Crippen LogP contribution is 2.17. The van der Waals surface area contributed by atoms with Crippen molar-refractivity contribution in [1.29, 1.82) is 0 Å². The highest BCUT2D eigenvalue weighted by molar-refractivity contribution is 6.43. The summed E-state index contributed by atoms with van der Waals surface area (Å²) in [5.41, 5.74) is 2.57. The summed E-state index contributed by atoms with van der Waals surface area (Å²) in [7, 11) is 1.49. The van der Waals surface area contributed by atoms with E-state index in [4.69, 9.17) is 4.74 Å². The van der Waals surface area contributed by atoms with E-state index in [1.165, 1.54) is 24.8 Å². The number of carbonyl (C=O) groups is 3. The zero-order valence-corrected chi connectivity index (χ0v) is 16.7. The van der Waals surface area contributed by atoms with Crippen molar-refractivity contribution in [3.63, 3.8) is 0 Å². The second-order valence-electron chi connectivity index (χ2n) is 6.95. The highest BCUT2D eigenvalue weighted by Gasteiger charge is 2.23. The molecule has 2 aromatic carbocycles. The molecular formula is C22H25N3O4. The van der Waals surface area contributed by atoms with E-state index in [9.17, 15) is 14.4 Å². The molecule has 0 aromatic heterocycles. The molecule has 0 unspecified atom stereocenters. The molecule has 3 rings (SSSR count). The van der Waals surface area contributed by atoms with Gasteiger partial charge in [0.15, 0.2) is 0 Å². The summed E-state index contributed by atoms with van der Waals surface area (Å²) < 4.78 is 5.06. The number of piperazine rings is 1. The van der Waals surface area contributed by atoms with Crippen LogP contribution in [0.5, 0.6) is 5.75 Å². The lowest BCUT2D eigenvalue weighted by Gasteiger charge is -2.36. The molecule has 1 heterocycles. The second-order valence-corrected chi connectivity index (χ2v) is 6.95. The number of hydrogen-bond acceptors (Lipinski definition) is 5. The van der Waals surface area contributed by atoms with Crippen LogP contribution in [0.2, 0.25) is 0 Å². The largest absolute Gasteiger partial charge is 0.497 e. The molecule has 29 heavy (non-hydrogen) atoms. The first-order valence-corrected chi connectivity index (χ1v) is 9.54. The fraction of sp³-hybridized carbons (Fsp3) is 0.318. The quantitative estimate of drug-likeness (QED) is 0.594. The minimum atomic E-state index is -0.801. The fourth-order valence-electron chi connectivity index (χ4n) is 3.21. The van der Waals surface area contributed by atoms with Crippen molar-refractivity contribution in [2.24, 2.45) is 0 Å². The van der Waals surface area contributed by atoms with Gasteiger partial charge in [0.2, 0.25) is 11.7 Å². The maximum Gasteiger partial charge on any atom is 0.292 e. The number of ether oxygens (including phenoxy) is 1. The molecule has 1 aliphatic rings. The Hall–Kier alpha value is -3.35. The van der Waals surface area contributed by atoms with Crippen molar-refractivity contribution in [2.75, 3.05) is 44.7 Å². The Kier molecular flexibility index (Phi) is 6.49. The Balaban J connectivity index is 1.47. The molecule has 0 atom stereocenters. The van der Waals surface area contributed by atoms with Crippen molar-refractivity contribution >= 4 is 23.3 Å². The van der Waals surface area contributed by atoms with Crippen molar-refractivity contribution < 1.29 is 19.1 Å². The Morgan fingerprint density at radius 3 is 2.34 bits per heavy atom. The molecule has 2 amide bonds. The number of aryl methyl sites for hydroxylation is 1. The van der Waals surface area contributed by atoms with E-state index in [0.29, 0.717) is 18.8 Å². The topological polar surface area (TPSA) is 78.9 Å². The molecule has 152 valence electrons. The molecule has 0 saturated carbocycles. The van der Waals surface area contributed by atoms with E-state index in [2.05, 4.69) is 34.5 Å². The first-order chi connectivity index (χ1) is 14.0. The first kappa shape index (κ1) is 20.4. The van der Waals surface area contributed by atoms with Crippen molar-refractivity contribution in [2.45, 2.75) is 6.92 Å². The van der Waals surface area contributed by atoms with Crippen molar-refractivity contribution in [1.82, 2.24) is 10.2 Å². The summed E-state index contributed by atoms with van der Waals surface area (Å²) in [6, 6.07) is 14.7. The van der Waals surface area contributed by atoms with E-state index < -0.39 is 11.7 Å². The van der Waals surface area contributed by atoms with E-state index in [-0.39, 0.29) is 18.0 Å². The van der Waals surface area contributed by atoms with E-state index in [0.717, 1.165) is 18.8 Å². The molecule has 7 nitrogen and oxygen atoms in total. The predicted octanol–water partition coefficient (Wildman–Crippen LogP) is 1.65. The van der Waals surface area contributed by atoms with Gasteiger partial charge in [-0.3, -0.25) is 14.4 Å². The number of hydrogen-bond donors (Lipinski definition) is 1. The van der Waals surface area contributed by atoms with Gasteiger partial charge in [-0.05, 0) is 31.2 Å². The number of nitrogens with zero attached hydrogens (tertiary/aromatic N) is 2. The standard InChI is InChI=1S/C22H25N3O4/c1-16-6-8-18(9-7-16)24-10-12-25(13-11-24)20(26)15-23-22(28)21(27)17-4-3-5-19(14-17)29-2/h3-9,14H,10-13,15H2,1-2H3,(H,23,28). The summed E-state index contributed by atoms with van der Waals surface area (Å²) in [5.74, 6) is -1.20. The molecule has 0 radical (unpaired) electrons. The van der Waals surface area contributed by atoms with Gasteiger partial charge in [0.1, 0.15) is 5.75 Å². The third-order valence-electron chi connectivity index (χ3n) is 4.97. The van der Waals surface area contributed by atoms with Crippen LogP contribution in [0.25, 0.3) is 0 Å². The van der Waals surface area contributed by atoms with Crippen molar-refractivity contribution in [3.8, 4) is 5.75 Å². The number of methoxy groups -OCH3 is 1. The third kappa shape index (κ3) is 5.13. The average Bonchev–Trinajstić information content (AvgIpc) is 2.77. The maximum absolute atomic E-state index is 12.4. The smallest absolute Gasteiger partial charge is 0.292 e. The number of nitrogens with one attached hydrogen (secondary N) is 1. The Labute approximate surface area is 170 Å². The van der Waals surface area contributed by atoms with Gasteiger partial charge in [0.25, 0.3) is 5.91 Å². The lowest BCUT2D eigenvalue weighted by molar-refractivity contribution is -0.132. The van der Waals surface area contributed by atoms with Crippen molar-refractivity contribution in [3.05, 3.63) is 59.7 Å². The third-order valence-corrected chi connectivity index (χ3v) is 4.97. The number of ketones is 1. The number of Topliss-reactive ketones (excluding diaryl/α,β-unsaturated/α-hetero) is 1. The highest BCUT2D eigenvalue weighted by atomic mass is 16.5. The SMILES string of the molecule is COc1cccc(C(=O)C(=O)NCC(=O)N2CCN(c3ccc(C)cc3)CC2)c1. The summed E-state index contributed by atoms with van der Waals surface area (Å²) in [4.78, 5) is 40.7. The van der Waals surface area contributed by atoms with Crippen LogP contribution in [-0.4, -0.2) is 62.3 Å². The van der Waals surface area contributed by atoms with Crippen LogP contribution in [0, 0.1) is 6.92 Å². The Morgan fingerprint density at radius 2 is 1.69 bits per heavy atom. The van der Waals surface area contributed by atoms with Crippen LogP contribution >= 0.6 is 0 Å². The predicted molar refractivity (Wildman–Crippen MR) is 110 cm³/mol. The number of carbonyl (C=O) groups excluding carboxylic acids is 3. The summed E-state index contributed by atoms with van der Waals surface area (Å²) >= 11 is 0. The molecule has 1 saturated heterocycles. The lowest BCUT2D eigenvalue weighted by Crippen LogP contribution is -2.51.